The minimum absolute atomic E-state index is 0.318. The van der Waals surface area contributed by atoms with Crippen molar-refractivity contribution < 1.29 is 15.3 Å². The molecule has 0 saturated heterocycles. The molecule has 0 unspecified atom stereocenters. The van der Waals surface area contributed by atoms with Crippen LogP contribution in [0.1, 0.15) is 57.0 Å². The van der Waals surface area contributed by atoms with E-state index in [2.05, 4.69) is 72.7 Å². The van der Waals surface area contributed by atoms with E-state index in [1.807, 2.05) is 84.6 Å². The first-order valence-electron chi connectivity index (χ1n) is 16.3. The van der Waals surface area contributed by atoms with Gasteiger partial charge in [-0.15, -0.1) is 0 Å². The Labute approximate surface area is 284 Å². The highest BCUT2D eigenvalue weighted by Gasteiger charge is 2.36. The lowest BCUT2D eigenvalue weighted by molar-refractivity contribution is 0.365. The Balaban J connectivity index is 2.58. The van der Waals surface area contributed by atoms with E-state index >= 15 is 0 Å². The summed E-state index contributed by atoms with van der Waals surface area (Å²) in [5.41, 5.74) is 7.55. The summed E-state index contributed by atoms with van der Waals surface area (Å²) in [5.74, 6) is 0.953. The van der Waals surface area contributed by atoms with Gasteiger partial charge < -0.3 is 44.7 Å². The van der Waals surface area contributed by atoms with E-state index in [0.29, 0.717) is 56.5 Å². The minimum atomic E-state index is -0.721. The second-order valence-electron chi connectivity index (χ2n) is 15.0. The van der Waals surface area contributed by atoms with Gasteiger partial charge in [0.1, 0.15) is 17.2 Å². The zero-order valence-corrected chi connectivity index (χ0v) is 31.2. The predicted molar refractivity (Wildman–Crippen MR) is 194 cm³/mol. The van der Waals surface area contributed by atoms with Crippen LogP contribution in [0, 0.1) is 0 Å². The van der Waals surface area contributed by atoms with E-state index in [1.165, 1.54) is 0 Å². The molecule has 0 aliphatic rings. The summed E-state index contributed by atoms with van der Waals surface area (Å²) in [6.07, 6.45) is 0. The number of phenolic OH excluding ortho intramolecular Hbond substituents is 3. The van der Waals surface area contributed by atoms with Gasteiger partial charge in [-0.3, -0.25) is 0 Å². The Morgan fingerprint density at radius 3 is 0.638 bits per heavy atom. The molecule has 3 aromatic rings. The topological polar surface area (TPSA) is 80.1 Å². The van der Waals surface area contributed by atoms with E-state index in [4.69, 9.17) is 0 Å². The van der Waals surface area contributed by atoms with Crippen LogP contribution in [0.15, 0.2) is 36.4 Å². The van der Waals surface area contributed by atoms with E-state index in [0.717, 1.165) is 50.1 Å². The molecule has 0 atom stereocenters. The van der Waals surface area contributed by atoms with Gasteiger partial charge in [0.05, 0.1) is 0 Å². The second kappa shape index (κ2) is 15.8. The quantitative estimate of drug-likeness (QED) is 0.206. The molecule has 0 aromatic heterocycles. The van der Waals surface area contributed by atoms with Crippen LogP contribution >= 0.6 is 0 Å². The van der Waals surface area contributed by atoms with Crippen LogP contribution in [0.3, 0.4) is 0 Å². The van der Waals surface area contributed by atoms with Crippen LogP contribution < -0.4 is 0 Å². The average Bonchev–Trinajstić information content (AvgIpc) is 2.93. The molecule has 0 aliphatic heterocycles. The smallest absolute Gasteiger partial charge is 0.124 e. The van der Waals surface area contributed by atoms with E-state index in [9.17, 15) is 15.3 Å². The van der Waals surface area contributed by atoms with Gasteiger partial charge in [-0.2, -0.15) is 0 Å². The molecule has 0 aliphatic carbocycles. The number of hydrogen-bond donors (Lipinski definition) is 3. The third kappa shape index (κ3) is 9.47. The van der Waals surface area contributed by atoms with Gasteiger partial charge in [-0.05, 0) is 145 Å². The number of benzene rings is 3. The van der Waals surface area contributed by atoms with Crippen LogP contribution in [0.2, 0.25) is 0 Å². The van der Waals surface area contributed by atoms with Crippen molar-refractivity contribution in [1.29, 1.82) is 0 Å². The van der Waals surface area contributed by atoms with E-state index < -0.39 is 5.41 Å². The fourth-order valence-corrected chi connectivity index (χ4v) is 6.41. The molecule has 47 heavy (non-hydrogen) atoms. The molecule has 3 N–H and O–H groups in total. The van der Waals surface area contributed by atoms with Crippen molar-refractivity contribution in [2.75, 3.05) is 84.6 Å². The van der Waals surface area contributed by atoms with Gasteiger partial charge in [0.2, 0.25) is 0 Å². The number of nitrogens with zero attached hydrogens (tertiary/aromatic N) is 6. The molecule has 0 spiro atoms. The summed E-state index contributed by atoms with van der Waals surface area (Å²) in [6, 6.07) is 12.8. The van der Waals surface area contributed by atoms with Crippen LogP contribution in [-0.4, -0.2) is 129 Å². The highest BCUT2D eigenvalue weighted by molar-refractivity contribution is 5.60. The number of phenols is 3. The Hall–Kier alpha value is -3.18. The number of aromatic hydroxyl groups is 3. The molecule has 3 rings (SSSR count). The molecule has 0 amide bonds. The van der Waals surface area contributed by atoms with Gasteiger partial charge in [0.15, 0.2) is 0 Å². The van der Waals surface area contributed by atoms with Crippen molar-refractivity contribution in [3.8, 4) is 17.2 Å². The number of hydrogen-bond acceptors (Lipinski definition) is 9. The number of rotatable bonds is 15. The Kier molecular flexibility index (Phi) is 12.9. The molecule has 3 aromatic carbocycles. The van der Waals surface area contributed by atoms with Gasteiger partial charge in [-0.1, -0.05) is 0 Å². The minimum Gasteiger partial charge on any atom is -0.507 e. The molecule has 0 saturated carbocycles. The van der Waals surface area contributed by atoms with E-state index in [1.54, 1.807) is 0 Å². The Morgan fingerprint density at radius 2 is 0.511 bits per heavy atom. The lowest BCUT2D eigenvalue weighted by atomic mass is 9.68. The Morgan fingerprint density at radius 1 is 0.362 bits per heavy atom. The van der Waals surface area contributed by atoms with Crippen molar-refractivity contribution in [2.45, 2.75) is 51.6 Å². The summed E-state index contributed by atoms with van der Waals surface area (Å²) >= 11 is 0. The third-order valence-electron chi connectivity index (χ3n) is 8.45. The summed E-state index contributed by atoms with van der Waals surface area (Å²) in [4.78, 5) is 12.4. The van der Waals surface area contributed by atoms with Crippen molar-refractivity contribution in [3.63, 3.8) is 0 Å². The first-order chi connectivity index (χ1) is 21.8. The first-order valence-corrected chi connectivity index (χ1v) is 16.3. The van der Waals surface area contributed by atoms with Gasteiger partial charge >= 0.3 is 0 Å². The highest BCUT2D eigenvalue weighted by Crippen LogP contribution is 2.46. The van der Waals surface area contributed by atoms with Crippen molar-refractivity contribution in [3.05, 3.63) is 86.5 Å². The lowest BCUT2D eigenvalue weighted by Gasteiger charge is -2.36. The summed E-state index contributed by atoms with van der Waals surface area (Å²) in [6.45, 7) is 5.73. The lowest BCUT2D eigenvalue weighted by Crippen LogP contribution is -2.29. The first kappa shape index (κ1) is 38.3. The Bertz CT molecular complexity index is 1240. The highest BCUT2D eigenvalue weighted by atomic mass is 16.3. The summed E-state index contributed by atoms with van der Waals surface area (Å²) < 4.78 is 0. The summed E-state index contributed by atoms with van der Waals surface area (Å²) in [7, 11) is 24.2. The zero-order valence-electron chi connectivity index (χ0n) is 31.2. The van der Waals surface area contributed by atoms with Crippen molar-refractivity contribution >= 4 is 0 Å². The maximum Gasteiger partial charge on any atom is 0.124 e. The molecule has 0 radical (unpaired) electrons. The van der Waals surface area contributed by atoms with Crippen LogP contribution in [0.25, 0.3) is 0 Å². The van der Waals surface area contributed by atoms with Gasteiger partial charge in [0.25, 0.3) is 0 Å². The van der Waals surface area contributed by atoms with Crippen molar-refractivity contribution in [1.82, 2.24) is 29.4 Å². The SMILES string of the molecule is CN(C)Cc1cc(C(C)(c2cc(CN(C)C)c(O)c(CN(C)C)c2)c2cc(CN(C)C)c(O)c(CN(C)C)c2)cc(CN(C)C)c1O. The molecule has 0 fully saturated rings. The molecular weight excluding hydrogens is 588 g/mol. The second-order valence-corrected chi connectivity index (χ2v) is 15.0. The van der Waals surface area contributed by atoms with Gasteiger partial charge in [-0.25, -0.2) is 0 Å². The fourth-order valence-electron chi connectivity index (χ4n) is 6.41. The maximum atomic E-state index is 11.5. The zero-order chi connectivity index (χ0) is 35.4. The normalized spacial score (nSPS) is 12.6. The van der Waals surface area contributed by atoms with E-state index in [-0.39, 0.29) is 0 Å². The van der Waals surface area contributed by atoms with Crippen LogP contribution in [-0.2, 0) is 44.7 Å². The molecule has 0 heterocycles. The van der Waals surface area contributed by atoms with Crippen LogP contribution in [0.5, 0.6) is 17.2 Å². The molecule has 9 heteroatoms. The predicted octanol–water partition coefficient (Wildman–Crippen LogP) is 4.53. The standard InChI is InChI=1S/C38H60N6O3/c1-38(32-14-26(20-39(2)3)35(45)27(15-32)21-40(4)5,33-16-28(22-41(6)7)36(46)29(17-33)23-42(8)9)34-18-30(24-43(10)11)37(47)31(19-34)25-44(12)13/h14-19,45-47H,20-25H2,1-13H3. The molecule has 260 valence electrons. The summed E-state index contributed by atoms with van der Waals surface area (Å²) in [5, 5.41) is 34.6. The fraction of sp³-hybridized carbons (Fsp3) is 0.526. The van der Waals surface area contributed by atoms with Crippen LogP contribution in [0.4, 0.5) is 0 Å². The van der Waals surface area contributed by atoms with Gasteiger partial charge in [0, 0.05) is 78.1 Å². The maximum absolute atomic E-state index is 11.5. The third-order valence-corrected chi connectivity index (χ3v) is 8.45. The van der Waals surface area contributed by atoms with Crippen molar-refractivity contribution in [2.24, 2.45) is 0 Å². The molecule has 0 bridgehead atoms. The largest absolute Gasteiger partial charge is 0.507 e. The average molecular weight is 649 g/mol. The molecule has 9 nitrogen and oxygen atoms in total. The molecular formula is C38H60N6O3. The monoisotopic (exact) mass is 648 g/mol.